The third-order valence-electron chi connectivity index (χ3n) is 4.96. The molecule has 0 spiro atoms. The van der Waals surface area contributed by atoms with Gasteiger partial charge in [-0.25, -0.2) is 9.59 Å². The van der Waals surface area contributed by atoms with E-state index in [-0.39, 0.29) is 6.61 Å². The minimum absolute atomic E-state index is 0.250. The van der Waals surface area contributed by atoms with Gasteiger partial charge in [-0.1, -0.05) is 60.7 Å². The van der Waals surface area contributed by atoms with Crippen LogP contribution >= 0.6 is 15.9 Å². The van der Waals surface area contributed by atoms with E-state index in [0.29, 0.717) is 30.1 Å². The standard InChI is InChI=1S/C27H21BrO5/c28-26-23-9-5-4-8-20(23)12-15-24(26)32-18-25(29)33-22-13-10-21(11-14-22)27(30)31-17-16-19-6-2-1-3-7-19/h1-15H,16-18H2. The van der Waals surface area contributed by atoms with E-state index in [1.807, 2.05) is 60.7 Å². The van der Waals surface area contributed by atoms with Gasteiger partial charge >= 0.3 is 11.9 Å². The molecule has 33 heavy (non-hydrogen) atoms. The second-order valence-corrected chi connectivity index (χ2v) is 8.05. The van der Waals surface area contributed by atoms with Gasteiger partial charge in [0.15, 0.2) is 6.61 Å². The Bertz CT molecular complexity index is 1250. The smallest absolute Gasteiger partial charge is 0.349 e. The van der Waals surface area contributed by atoms with Gasteiger partial charge in [0.1, 0.15) is 11.5 Å². The van der Waals surface area contributed by atoms with Gasteiger partial charge in [0.05, 0.1) is 16.6 Å². The van der Waals surface area contributed by atoms with Crippen molar-refractivity contribution in [2.75, 3.05) is 13.2 Å². The van der Waals surface area contributed by atoms with Gasteiger partial charge in [0.25, 0.3) is 0 Å². The van der Waals surface area contributed by atoms with Crippen LogP contribution in [-0.4, -0.2) is 25.2 Å². The van der Waals surface area contributed by atoms with Gasteiger partial charge in [-0.3, -0.25) is 0 Å². The van der Waals surface area contributed by atoms with E-state index in [4.69, 9.17) is 14.2 Å². The maximum atomic E-state index is 12.2. The highest BCUT2D eigenvalue weighted by Crippen LogP contribution is 2.33. The quantitative estimate of drug-likeness (QED) is 0.218. The number of halogens is 1. The molecular weight excluding hydrogens is 484 g/mol. The van der Waals surface area contributed by atoms with Crippen LogP contribution in [-0.2, 0) is 16.0 Å². The first-order valence-electron chi connectivity index (χ1n) is 10.4. The van der Waals surface area contributed by atoms with Crippen molar-refractivity contribution in [2.24, 2.45) is 0 Å². The number of fused-ring (bicyclic) bond motifs is 1. The molecule has 0 aromatic heterocycles. The summed E-state index contributed by atoms with van der Waals surface area (Å²) in [6, 6.07) is 27.6. The lowest BCUT2D eigenvalue weighted by Gasteiger charge is -2.10. The number of hydrogen-bond acceptors (Lipinski definition) is 5. The van der Waals surface area contributed by atoms with Crippen LogP contribution in [0.25, 0.3) is 10.8 Å². The third-order valence-corrected chi connectivity index (χ3v) is 5.78. The molecule has 0 aliphatic rings. The third kappa shape index (κ3) is 5.99. The van der Waals surface area contributed by atoms with Crippen molar-refractivity contribution in [2.45, 2.75) is 6.42 Å². The van der Waals surface area contributed by atoms with Gasteiger partial charge in [0, 0.05) is 6.42 Å². The van der Waals surface area contributed by atoms with E-state index in [1.54, 1.807) is 30.3 Å². The Balaban J connectivity index is 1.26. The Hall–Kier alpha value is -3.64. The van der Waals surface area contributed by atoms with Crippen molar-refractivity contribution >= 4 is 38.6 Å². The molecule has 166 valence electrons. The highest BCUT2D eigenvalue weighted by atomic mass is 79.9. The molecule has 0 unspecified atom stereocenters. The van der Waals surface area contributed by atoms with Crippen molar-refractivity contribution in [3.8, 4) is 11.5 Å². The first-order valence-corrected chi connectivity index (χ1v) is 11.2. The molecular formula is C27H21BrO5. The summed E-state index contributed by atoms with van der Waals surface area (Å²) in [4.78, 5) is 24.4. The number of carbonyl (C=O) groups excluding carboxylic acids is 2. The lowest BCUT2D eigenvalue weighted by molar-refractivity contribution is -0.136. The summed E-state index contributed by atoms with van der Waals surface area (Å²) >= 11 is 3.53. The van der Waals surface area contributed by atoms with Crippen LogP contribution in [0, 0.1) is 0 Å². The number of benzene rings is 4. The van der Waals surface area contributed by atoms with Crippen LogP contribution < -0.4 is 9.47 Å². The monoisotopic (exact) mass is 504 g/mol. The summed E-state index contributed by atoms with van der Waals surface area (Å²) in [5.74, 6) is -0.0946. The van der Waals surface area contributed by atoms with Crippen molar-refractivity contribution in [3.05, 3.63) is 107 Å². The zero-order valence-corrected chi connectivity index (χ0v) is 19.3. The van der Waals surface area contributed by atoms with Gasteiger partial charge in [0.2, 0.25) is 0 Å². The number of hydrogen-bond donors (Lipinski definition) is 0. The van der Waals surface area contributed by atoms with Gasteiger partial charge in [-0.2, -0.15) is 0 Å². The van der Waals surface area contributed by atoms with Crippen LogP contribution in [0.3, 0.4) is 0 Å². The fourth-order valence-electron chi connectivity index (χ4n) is 3.27. The predicted octanol–water partition coefficient (Wildman–Crippen LogP) is 5.99. The van der Waals surface area contributed by atoms with Crippen LogP contribution in [0.15, 0.2) is 95.5 Å². The fourth-order valence-corrected chi connectivity index (χ4v) is 3.88. The normalized spacial score (nSPS) is 10.6. The molecule has 0 N–H and O–H groups in total. The van der Waals surface area contributed by atoms with E-state index >= 15 is 0 Å². The molecule has 0 saturated carbocycles. The molecule has 4 aromatic carbocycles. The van der Waals surface area contributed by atoms with Gasteiger partial charge in [-0.05, 0) is 62.6 Å². The average Bonchev–Trinajstić information content (AvgIpc) is 2.85. The zero-order chi connectivity index (χ0) is 23.0. The summed E-state index contributed by atoms with van der Waals surface area (Å²) in [5.41, 5.74) is 1.49. The molecule has 5 nitrogen and oxygen atoms in total. The number of esters is 2. The average molecular weight is 505 g/mol. The Kier molecular flexibility index (Phi) is 7.37. The maximum Gasteiger partial charge on any atom is 0.349 e. The highest BCUT2D eigenvalue weighted by Gasteiger charge is 2.12. The summed E-state index contributed by atoms with van der Waals surface area (Å²) in [6.07, 6.45) is 0.648. The van der Waals surface area contributed by atoms with Crippen molar-refractivity contribution in [1.82, 2.24) is 0 Å². The molecule has 4 aromatic rings. The largest absolute Gasteiger partial charge is 0.481 e. The van der Waals surface area contributed by atoms with Gasteiger partial charge < -0.3 is 14.2 Å². The number of carbonyl (C=O) groups is 2. The Morgan fingerprint density at radius 2 is 1.52 bits per heavy atom. The van der Waals surface area contributed by atoms with Crippen molar-refractivity contribution in [3.63, 3.8) is 0 Å². The van der Waals surface area contributed by atoms with Gasteiger partial charge in [-0.15, -0.1) is 0 Å². The minimum Gasteiger partial charge on any atom is -0.481 e. The predicted molar refractivity (Wildman–Crippen MR) is 130 cm³/mol. The molecule has 4 rings (SSSR count). The Morgan fingerprint density at radius 3 is 2.30 bits per heavy atom. The van der Waals surface area contributed by atoms with E-state index < -0.39 is 11.9 Å². The van der Waals surface area contributed by atoms with E-state index in [1.165, 1.54) is 0 Å². The first-order chi connectivity index (χ1) is 16.1. The molecule has 0 heterocycles. The lowest BCUT2D eigenvalue weighted by atomic mass is 10.1. The summed E-state index contributed by atoms with van der Waals surface area (Å²) in [7, 11) is 0. The molecule has 6 heteroatoms. The second kappa shape index (κ2) is 10.8. The van der Waals surface area contributed by atoms with Crippen molar-refractivity contribution < 1.29 is 23.8 Å². The first kappa shape index (κ1) is 22.6. The Labute approximate surface area is 200 Å². The minimum atomic E-state index is -0.548. The summed E-state index contributed by atoms with van der Waals surface area (Å²) in [5, 5.41) is 2.06. The molecule has 0 saturated heterocycles. The van der Waals surface area contributed by atoms with Crippen LogP contribution in [0.4, 0.5) is 0 Å². The summed E-state index contributed by atoms with van der Waals surface area (Å²) in [6.45, 7) is 0.0431. The molecule has 0 aliphatic carbocycles. The second-order valence-electron chi connectivity index (χ2n) is 7.26. The number of ether oxygens (including phenoxy) is 3. The zero-order valence-electron chi connectivity index (χ0n) is 17.7. The SMILES string of the molecule is O=C(COc1ccc2ccccc2c1Br)Oc1ccc(C(=O)OCCc2ccccc2)cc1. The van der Waals surface area contributed by atoms with Crippen LogP contribution in [0.1, 0.15) is 15.9 Å². The Morgan fingerprint density at radius 1 is 0.788 bits per heavy atom. The highest BCUT2D eigenvalue weighted by molar-refractivity contribution is 9.10. The fraction of sp³-hybridized carbons (Fsp3) is 0.111. The number of rotatable bonds is 8. The van der Waals surface area contributed by atoms with Crippen LogP contribution in [0.5, 0.6) is 11.5 Å². The van der Waals surface area contributed by atoms with E-state index in [2.05, 4.69) is 15.9 Å². The molecule has 0 fully saturated rings. The molecule has 0 aliphatic heterocycles. The van der Waals surface area contributed by atoms with E-state index in [9.17, 15) is 9.59 Å². The lowest BCUT2D eigenvalue weighted by Crippen LogP contribution is -2.18. The van der Waals surface area contributed by atoms with E-state index in [0.717, 1.165) is 20.8 Å². The molecule has 0 atom stereocenters. The molecule has 0 radical (unpaired) electrons. The topological polar surface area (TPSA) is 61.8 Å². The van der Waals surface area contributed by atoms with Crippen LogP contribution in [0.2, 0.25) is 0 Å². The molecule has 0 amide bonds. The summed E-state index contributed by atoms with van der Waals surface area (Å²) < 4.78 is 17.0. The van der Waals surface area contributed by atoms with Crippen molar-refractivity contribution in [1.29, 1.82) is 0 Å². The molecule has 0 bridgehead atoms. The maximum absolute atomic E-state index is 12.2.